The summed E-state index contributed by atoms with van der Waals surface area (Å²) >= 11 is 8.87. The highest BCUT2D eigenvalue weighted by atomic mass is 35.5. The van der Waals surface area contributed by atoms with Gasteiger partial charge in [0.2, 0.25) is 11.1 Å². The largest absolute Gasteiger partial charge is 0.301 e. The van der Waals surface area contributed by atoms with Gasteiger partial charge in [0, 0.05) is 16.0 Å². The topological polar surface area (TPSA) is 85.6 Å². The Hall–Kier alpha value is -1.97. The maximum absolute atomic E-state index is 12.1. The summed E-state index contributed by atoms with van der Waals surface area (Å²) < 4.78 is 1.79. The number of carbonyl (C=O) groups excluding carboxylic acids is 1. The van der Waals surface area contributed by atoms with E-state index < -0.39 is 0 Å². The van der Waals surface area contributed by atoms with E-state index in [-0.39, 0.29) is 11.7 Å². The first-order valence-corrected chi connectivity index (χ1v) is 9.86. The molecule has 1 aliphatic rings. The summed E-state index contributed by atoms with van der Waals surface area (Å²) in [6.45, 7) is 0. The molecule has 128 valence electrons. The minimum Gasteiger partial charge on any atom is -0.301 e. The molecule has 10 heteroatoms. The van der Waals surface area contributed by atoms with E-state index in [1.54, 1.807) is 4.68 Å². The van der Waals surface area contributed by atoms with Gasteiger partial charge in [-0.25, -0.2) is 9.67 Å². The molecule has 0 unspecified atom stereocenters. The molecule has 0 atom stereocenters. The molecule has 25 heavy (non-hydrogen) atoms. The van der Waals surface area contributed by atoms with Crippen LogP contribution in [0, 0.1) is 0 Å². The molecule has 0 aliphatic heterocycles. The maximum Gasteiger partial charge on any atom is 0.236 e. The van der Waals surface area contributed by atoms with Crippen LogP contribution in [0.25, 0.3) is 11.3 Å². The molecule has 1 fully saturated rings. The van der Waals surface area contributed by atoms with E-state index in [4.69, 9.17) is 11.6 Å². The third-order valence-corrected chi connectivity index (χ3v) is 5.61. The molecule has 1 saturated carbocycles. The van der Waals surface area contributed by atoms with Gasteiger partial charge in [0.15, 0.2) is 5.13 Å². The summed E-state index contributed by atoms with van der Waals surface area (Å²) in [4.78, 5) is 16.6. The molecule has 3 aromatic rings. The quantitative estimate of drug-likeness (QED) is 0.646. The lowest BCUT2D eigenvalue weighted by Crippen LogP contribution is -2.14. The van der Waals surface area contributed by atoms with Crippen LogP contribution in [0.5, 0.6) is 0 Å². The summed E-state index contributed by atoms with van der Waals surface area (Å²) in [5, 5.41) is 18.1. The highest BCUT2D eigenvalue weighted by molar-refractivity contribution is 7.99. The van der Waals surface area contributed by atoms with E-state index in [1.807, 2.05) is 29.6 Å². The highest BCUT2D eigenvalue weighted by Gasteiger charge is 2.28. The van der Waals surface area contributed by atoms with Crippen molar-refractivity contribution in [3.63, 3.8) is 0 Å². The summed E-state index contributed by atoms with van der Waals surface area (Å²) in [5.41, 5.74) is 1.59. The van der Waals surface area contributed by atoms with Gasteiger partial charge < -0.3 is 5.32 Å². The van der Waals surface area contributed by atoms with Crippen molar-refractivity contribution < 1.29 is 4.79 Å². The normalized spacial score (nSPS) is 13.8. The number of tetrazole rings is 1. The van der Waals surface area contributed by atoms with Gasteiger partial charge in [-0.15, -0.1) is 16.4 Å². The molecule has 4 rings (SSSR count). The molecule has 7 nitrogen and oxygen atoms in total. The number of benzene rings is 1. The lowest BCUT2D eigenvalue weighted by Gasteiger charge is -2.03. The Bertz CT molecular complexity index is 907. The lowest BCUT2D eigenvalue weighted by molar-refractivity contribution is -0.113. The standard InChI is InChI=1S/C15H13ClN6OS2/c16-11-4-2-1-3-10(11)12-7-24-14(17-12)18-13(23)8-25-15-19-20-21-22(15)9-5-6-9/h1-4,7,9H,5-6,8H2,(H,17,18,23). The smallest absolute Gasteiger partial charge is 0.236 e. The van der Waals surface area contributed by atoms with Gasteiger partial charge >= 0.3 is 0 Å². The first-order valence-electron chi connectivity index (χ1n) is 7.61. The minimum absolute atomic E-state index is 0.143. The fraction of sp³-hybridized carbons (Fsp3) is 0.267. The number of nitrogens with one attached hydrogen (secondary N) is 1. The number of amides is 1. The van der Waals surface area contributed by atoms with Crippen LogP contribution >= 0.6 is 34.7 Å². The van der Waals surface area contributed by atoms with E-state index in [9.17, 15) is 4.79 Å². The summed E-state index contributed by atoms with van der Waals surface area (Å²) in [7, 11) is 0. The molecular formula is C15H13ClN6OS2. The second-order valence-electron chi connectivity index (χ2n) is 5.49. The van der Waals surface area contributed by atoms with Crippen molar-refractivity contribution in [1.29, 1.82) is 0 Å². The second-order valence-corrected chi connectivity index (χ2v) is 7.70. The Morgan fingerprint density at radius 2 is 2.24 bits per heavy atom. The molecular weight excluding hydrogens is 380 g/mol. The van der Waals surface area contributed by atoms with Crippen LogP contribution in [-0.4, -0.2) is 36.9 Å². The van der Waals surface area contributed by atoms with Gasteiger partial charge in [-0.3, -0.25) is 4.79 Å². The third-order valence-electron chi connectivity index (χ3n) is 3.59. The molecule has 2 aromatic heterocycles. The van der Waals surface area contributed by atoms with Crippen molar-refractivity contribution in [1.82, 2.24) is 25.2 Å². The van der Waals surface area contributed by atoms with E-state index >= 15 is 0 Å². The summed E-state index contributed by atoms with van der Waals surface area (Å²) in [5.74, 6) is 0.0871. The van der Waals surface area contributed by atoms with Gasteiger partial charge in [0.25, 0.3) is 0 Å². The molecule has 0 saturated heterocycles. The van der Waals surface area contributed by atoms with E-state index in [0.717, 1.165) is 24.1 Å². The molecule has 1 aromatic carbocycles. The average molecular weight is 393 g/mol. The molecule has 0 bridgehead atoms. The summed E-state index contributed by atoms with van der Waals surface area (Å²) in [6.07, 6.45) is 2.18. The first kappa shape index (κ1) is 16.5. The number of aromatic nitrogens is 5. The van der Waals surface area contributed by atoms with Gasteiger partial charge in [0.1, 0.15) is 0 Å². The van der Waals surface area contributed by atoms with Crippen LogP contribution in [0.1, 0.15) is 18.9 Å². The predicted molar refractivity (Wildman–Crippen MR) is 98.0 cm³/mol. The van der Waals surface area contributed by atoms with Crippen molar-refractivity contribution in [2.45, 2.75) is 24.0 Å². The zero-order chi connectivity index (χ0) is 17.2. The van der Waals surface area contributed by atoms with Crippen molar-refractivity contribution >= 4 is 45.7 Å². The fourth-order valence-electron chi connectivity index (χ4n) is 2.24. The number of rotatable bonds is 6. The molecule has 2 heterocycles. The van der Waals surface area contributed by atoms with Crippen molar-refractivity contribution in [2.24, 2.45) is 0 Å². The van der Waals surface area contributed by atoms with Crippen molar-refractivity contribution in [3.8, 4) is 11.3 Å². The molecule has 1 aliphatic carbocycles. The second kappa shape index (κ2) is 7.11. The number of thioether (sulfide) groups is 1. The Morgan fingerprint density at radius 1 is 1.40 bits per heavy atom. The van der Waals surface area contributed by atoms with Gasteiger partial charge in [-0.1, -0.05) is 41.6 Å². The van der Waals surface area contributed by atoms with Crippen LogP contribution in [-0.2, 0) is 4.79 Å². The zero-order valence-electron chi connectivity index (χ0n) is 12.9. The molecule has 1 N–H and O–H groups in total. The van der Waals surface area contributed by atoms with E-state index in [1.165, 1.54) is 23.1 Å². The van der Waals surface area contributed by atoms with Crippen molar-refractivity contribution in [3.05, 3.63) is 34.7 Å². The maximum atomic E-state index is 12.1. The predicted octanol–water partition coefficient (Wildman–Crippen LogP) is 3.52. The van der Waals surface area contributed by atoms with Crippen LogP contribution < -0.4 is 5.32 Å². The van der Waals surface area contributed by atoms with Crippen molar-refractivity contribution in [2.75, 3.05) is 11.1 Å². The Kier molecular flexibility index (Phi) is 4.69. The van der Waals surface area contributed by atoms with Crippen LogP contribution in [0.3, 0.4) is 0 Å². The summed E-state index contributed by atoms with van der Waals surface area (Å²) in [6, 6.07) is 7.87. The van der Waals surface area contributed by atoms with Crippen LogP contribution in [0.2, 0.25) is 5.02 Å². The van der Waals surface area contributed by atoms with Crippen LogP contribution in [0.15, 0.2) is 34.8 Å². The zero-order valence-corrected chi connectivity index (χ0v) is 15.3. The number of halogens is 1. The minimum atomic E-state index is -0.143. The van der Waals surface area contributed by atoms with Gasteiger partial charge in [-0.2, -0.15) is 0 Å². The van der Waals surface area contributed by atoms with E-state index in [0.29, 0.717) is 21.4 Å². The number of anilines is 1. The number of hydrogen-bond acceptors (Lipinski definition) is 7. The number of hydrogen-bond donors (Lipinski definition) is 1. The SMILES string of the molecule is O=C(CSc1nnnn1C1CC1)Nc1nc(-c2ccccc2Cl)cs1. The Labute approximate surface area is 156 Å². The fourth-order valence-corrected chi connectivity index (χ4v) is 3.94. The molecule has 0 spiro atoms. The lowest BCUT2D eigenvalue weighted by atomic mass is 10.2. The monoisotopic (exact) mass is 392 g/mol. The average Bonchev–Trinajstić information content (AvgIpc) is 3.16. The van der Waals surface area contributed by atoms with Gasteiger partial charge in [0.05, 0.1) is 17.5 Å². The van der Waals surface area contributed by atoms with Crippen LogP contribution in [0.4, 0.5) is 5.13 Å². The first-order chi connectivity index (χ1) is 12.2. The Balaban J connectivity index is 1.37. The Morgan fingerprint density at radius 3 is 3.04 bits per heavy atom. The number of thiazole rings is 1. The molecule has 0 radical (unpaired) electrons. The van der Waals surface area contributed by atoms with Gasteiger partial charge in [-0.05, 0) is 29.3 Å². The highest BCUT2D eigenvalue weighted by Crippen LogP contribution is 2.36. The third kappa shape index (κ3) is 3.83. The number of carbonyl (C=O) groups is 1. The number of nitrogens with zero attached hydrogens (tertiary/aromatic N) is 5. The molecule has 1 amide bonds. The van der Waals surface area contributed by atoms with E-state index in [2.05, 4.69) is 25.8 Å².